The Hall–Kier alpha value is -2.08. The molecule has 0 aromatic heterocycles. The molecule has 0 saturated carbocycles. The van der Waals surface area contributed by atoms with E-state index in [-0.39, 0.29) is 11.4 Å². The third-order valence-electron chi connectivity index (χ3n) is 3.84. The summed E-state index contributed by atoms with van der Waals surface area (Å²) >= 11 is 6.10. The summed E-state index contributed by atoms with van der Waals surface area (Å²) in [6.45, 7) is 2.54. The van der Waals surface area contributed by atoms with Crippen LogP contribution in [-0.2, 0) is 16.6 Å². The SMILES string of the molecule is CCOc1ccc(S(=O)(=O)NCc2ccccc2Cl)c2ccccc12. The van der Waals surface area contributed by atoms with Crippen LogP contribution >= 0.6 is 11.6 Å². The number of halogens is 1. The van der Waals surface area contributed by atoms with Gasteiger partial charge in [-0.3, -0.25) is 0 Å². The quantitative estimate of drug-likeness (QED) is 0.696. The molecular weight excluding hydrogens is 358 g/mol. The molecule has 130 valence electrons. The first-order chi connectivity index (χ1) is 12.0. The van der Waals surface area contributed by atoms with E-state index in [4.69, 9.17) is 16.3 Å². The number of hydrogen-bond acceptors (Lipinski definition) is 3. The Morgan fingerprint density at radius 3 is 2.36 bits per heavy atom. The van der Waals surface area contributed by atoms with Crippen molar-refractivity contribution in [3.8, 4) is 5.75 Å². The van der Waals surface area contributed by atoms with E-state index in [0.29, 0.717) is 22.8 Å². The minimum absolute atomic E-state index is 0.129. The maximum atomic E-state index is 12.8. The molecule has 3 rings (SSSR count). The zero-order chi connectivity index (χ0) is 17.9. The van der Waals surface area contributed by atoms with Gasteiger partial charge in [0.05, 0.1) is 11.5 Å². The van der Waals surface area contributed by atoms with E-state index in [9.17, 15) is 8.42 Å². The lowest BCUT2D eigenvalue weighted by Gasteiger charge is -2.13. The van der Waals surface area contributed by atoms with Crippen molar-refractivity contribution in [2.45, 2.75) is 18.4 Å². The van der Waals surface area contributed by atoms with Gasteiger partial charge in [-0.1, -0.05) is 54.1 Å². The van der Waals surface area contributed by atoms with Gasteiger partial charge in [-0.05, 0) is 30.7 Å². The lowest BCUT2D eigenvalue weighted by Crippen LogP contribution is -2.23. The van der Waals surface area contributed by atoms with Gasteiger partial charge in [-0.2, -0.15) is 0 Å². The first-order valence-corrected chi connectivity index (χ1v) is 9.76. The number of sulfonamides is 1. The molecule has 0 amide bonds. The molecule has 0 saturated heterocycles. The van der Waals surface area contributed by atoms with Gasteiger partial charge in [0.15, 0.2) is 0 Å². The molecule has 0 aliphatic carbocycles. The Kier molecular flexibility index (Phi) is 5.27. The van der Waals surface area contributed by atoms with Crippen molar-refractivity contribution in [2.24, 2.45) is 0 Å². The Morgan fingerprint density at radius 2 is 1.64 bits per heavy atom. The number of ether oxygens (including phenoxy) is 1. The fraction of sp³-hybridized carbons (Fsp3) is 0.158. The molecule has 1 N–H and O–H groups in total. The van der Waals surface area contributed by atoms with Gasteiger partial charge in [0.25, 0.3) is 0 Å². The molecule has 0 fully saturated rings. The predicted octanol–water partition coefficient (Wildman–Crippen LogP) is 4.37. The molecule has 0 aliphatic rings. The van der Waals surface area contributed by atoms with E-state index in [2.05, 4.69) is 4.72 Å². The monoisotopic (exact) mass is 375 g/mol. The van der Waals surface area contributed by atoms with Crippen molar-refractivity contribution < 1.29 is 13.2 Å². The second-order valence-corrected chi connectivity index (χ2v) is 7.60. The Morgan fingerprint density at radius 1 is 0.960 bits per heavy atom. The third-order valence-corrected chi connectivity index (χ3v) is 5.67. The molecule has 0 bridgehead atoms. The standard InChI is InChI=1S/C19H18ClNO3S/c1-2-24-18-11-12-19(16-9-5-4-8-15(16)18)25(22,23)21-13-14-7-3-6-10-17(14)20/h3-12,21H,2,13H2,1H3. The Balaban J connectivity index is 1.97. The molecule has 0 spiro atoms. The maximum absolute atomic E-state index is 12.8. The zero-order valence-electron chi connectivity index (χ0n) is 13.7. The highest BCUT2D eigenvalue weighted by atomic mass is 35.5. The molecule has 0 radical (unpaired) electrons. The molecule has 3 aromatic carbocycles. The fourth-order valence-corrected chi connectivity index (χ4v) is 4.07. The first-order valence-electron chi connectivity index (χ1n) is 7.90. The zero-order valence-corrected chi connectivity index (χ0v) is 15.3. The summed E-state index contributed by atoms with van der Waals surface area (Å²) in [5.41, 5.74) is 0.725. The Labute approximate surface area is 152 Å². The molecule has 25 heavy (non-hydrogen) atoms. The number of fused-ring (bicyclic) bond motifs is 1. The molecular formula is C19H18ClNO3S. The van der Waals surface area contributed by atoms with Crippen LogP contribution in [0.1, 0.15) is 12.5 Å². The first kappa shape index (κ1) is 17.7. The smallest absolute Gasteiger partial charge is 0.241 e. The van der Waals surface area contributed by atoms with Crippen molar-refractivity contribution in [1.29, 1.82) is 0 Å². The van der Waals surface area contributed by atoms with Gasteiger partial charge in [0.2, 0.25) is 10.0 Å². The van der Waals surface area contributed by atoms with E-state index in [0.717, 1.165) is 10.9 Å². The van der Waals surface area contributed by atoms with Crippen LogP contribution in [0.4, 0.5) is 0 Å². The lowest BCUT2D eigenvalue weighted by atomic mass is 10.1. The van der Waals surface area contributed by atoms with Gasteiger partial charge in [0, 0.05) is 22.3 Å². The van der Waals surface area contributed by atoms with Gasteiger partial charge < -0.3 is 4.74 Å². The van der Waals surface area contributed by atoms with Gasteiger partial charge in [-0.25, -0.2) is 13.1 Å². The highest BCUT2D eigenvalue weighted by molar-refractivity contribution is 7.89. The minimum Gasteiger partial charge on any atom is -0.493 e. The van der Waals surface area contributed by atoms with Crippen LogP contribution < -0.4 is 9.46 Å². The van der Waals surface area contributed by atoms with Crippen LogP contribution in [0, 0.1) is 0 Å². The van der Waals surface area contributed by atoms with E-state index in [1.54, 1.807) is 36.4 Å². The van der Waals surface area contributed by atoms with Crippen molar-refractivity contribution in [2.75, 3.05) is 6.61 Å². The molecule has 0 unspecified atom stereocenters. The van der Waals surface area contributed by atoms with E-state index in [1.807, 2.05) is 31.2 Å². The van der Waals surface area contributed by atoms with Gasteiger partial charge >= 0.3 is 0 Å². The molecule has 4 nitrogen and oxygen atoms in total. The average molecular weight is 376 g/mol. The highest BCUT2D eigenvalue weighted by Crippen LogP contribution is 2.31. The number of benzene rings is 3. The summed E-state index contributed by atoms with van der Waals surface area (Å²) in [6, 6.07) is 17.7. The number of hydrogen-bond donors (Lipinski definition) is 1. The second kappa shape index (κ2) is 7.44. The van der Waals surface area contributed by atoms with Crippen LogP contribution in [0.25, 0.3) is 10.8 Å². The molecule has 6 heteroatoms. The lowest BCUT2D eigenvalue weighted by molar-refractivity contribution is 0.344. The van der Waals surface area contributed by atoms with E-state index >= 15 is 0 Å². The largest absolute Gasteiger partial charge is 0.493 e. The van der Waals surface area contributed by atoms with Gasteiger partial charge in [-0.15, -0.1) is 0 Å². The normalized spacial score (nSPS) is 11.6. The van der Waals surface area contributed by atoms with Crippen molar-refractivity contribution >= 4 is 32.4 Å². The van der Waals surface area contributed by atoms with E-state index in [1.165, 1.54) is 0 Å². The second-order valence-electron chi connectivity index (χ2n) is 5.46. The molecule has 0 aliphatic heterocycles. The molecule has 0 atom stereocenters. The average Bonchev–Trinajstić information content (AvgIpc) is 2.61. The van der Waals surface area contributed by atoms with Crippen molar-refractivity contribution in [1.82, 2.24) is 4.72 Å². The van der Waals surface area contributed by atoms with Gasteiger partial charge in [0.1, 0.15) is 5.75 Å². The molecule has 3 aromatic rings. The summed E-state index contributed by atoms with van der Waals surface area (Å²) < 4.78 is 33.8. The maximum Gasteiger partial charge on any atom is 0.241 e. The van der Waals surface area contributed by atoms with E-state index < -0.39 is 10.0 Å². The molecule has 0 heterocycles. The fourth-order valence-electron chi connectivity index (χ4n) is 2.65. The van der Waals surface area contributed by atoms with Crippen LogP contribution in [0.5, 0.6) is 5.75 Å². The summed E-state index contributed by atoms with van der Waals surface area (Å²) in [7, 11) is -3.70. The van der Waals surface area contributed by atoms with Crippen LogP contribution in [-0.4, -0.2) is 15.0 Å². The summed E-state index contributed by atoms with van der Waals surface area (Å²) in [5, 5.41) is 1.92. The van der Waals surface area contributed by atoms with Crippen LogP contribution in [0.2, 0.25) is 5.02 Å². The van der Waals surface area contributed by atoms with Crippen molar-refractivity contribution in [3.63, 3.8) is 0 Å². The summed E-state index contributed by atoms with van der Waals surface area (Å²) in [4.78, 5) is 0.221. The summed E-state index contributed by atoms with van der Waals surface area (Å²) in [6.07, 6.45) is 0. The van der Waals surface area contributed by atoms with Crippen molar-refractivity contribution in [3.05, 3.63) is 71.2 Å². The number of nitrogens with one attached hydrogen (secondary N) is 1. The minimum atomic E-state index is -3.70. The van der Waals surface area contributed by atoms with Crippen LogP contribution in [0.3, 0.4) is 0 Å². The highest BCUT2D eigenvalue weighted by Gasteiger charge is 2.19. The topological polar surface area (TPSA) is 55.4 Å². The predicted molar refractivity (Wildman–Crippen MR) is 101 cm³/mol. The van der Waals surface area contributed by atoms with Crippen LogP contribution in [0.15, 0.2) is 65.6 Å². The summed E-state index contributed by atoms with van der Waals surface area (Å²) in [5.74, 6) is 0.670. The third kappa shape index (κ3) is 3.79. The Bertz CT molecular complexity index is 1000. The number of rotatable bonds is 6.